The molecule has 0 bridgehead atoms. The van der Waals surface area contributed by atoms with Crippen LogP contribution in [-0.2, 0) is 0 Å². The highest BCUT2D eigenvalue weighted by atomic mass is 127. The predicted molar refractivity (Wildman–Crippen MR) is 94.0 cm³/mol. The quantitative estimate of drug-likeness (QED) is 0.604. The zero-order valence-corrected chi connectivity index (χ0v) is 13.9. The van der Waals surface area contributed by atoms with Crippen LogP contribution in [0.15, 0.2) is 55.1 Å². The van der Waals surface area contributed by atoms with Crippen LogP contribution in [0.3, 0.4) is 0 Å². The van der Waals surface area contributed by atoms with Gasteiger partial charge in [-0.2, -0.15) is 0 Å². The number of amides is 1. The minimum atomic E-state index is -0.130. The first kappa shape index (κ1) is 15.6. The number of carbonyl (C=O) groups is 1. The molecule has 108 valence electrons. The largest absolute Gasteiger partial charge is 0.490 e. The third-order valence-electron chi connectivity index (χ3n) is 2.92. The second kappa shape index (κ2) is 7.26. The summed E-state index contributed by atoms with van der Waals surface area (Å²) in [5.41, 5.74) is 2.47. The normalized spacial score (nSPS) is 10.0. The minimum absolute atomic E-state index is 0.130. The highest BCUT2D eigenvalue weighted by molar-refractivity contribution is 14.1. The summed E-state index contributed by atoms with van der Waals surface area (Å²) in [7, 11) is 0. The Morgan fingerprint density at radius 3 is 2.62 bits per heavy atom. The molecule has 0 atom stereocenters. The van der Waals surface area contributed by atoms with Crippen molar-refractivity contribution in [2.45, 2.75) is 6.92 Å². The number of anilines is 1. The van der Waals surface area contributed by atoms with Crippen molar-refractivity contribution in [3.05, 3.63) is 69.8 Å². The highest BCUT2D eigenvalue weighted by Gasteiger charge is 2.08. The molecule has 0 saturated heterocycles. The van der Waals surface area contributed by atoms with Gasteiger partial charge in [0.05, 0.1) is 0 Å². The van der Waals surface area contributed by atoms with Gasteiger partial charge in [0.15, 0.2) is 0 Å². The number of halogens is 1. The van der Waals surface area contributed by atoms with E-state index in [-0.39, 0.29) is 5.91 Å². The maximum Gasteiger partial charge on any atom is 0.255 e. The molecule has 0 aliphatic rings. The summed E-state index contributed by atoms with van der Waals surface area (Å²) < 4.78 is 6.54. The molecule has 0 saturated carbocycles. The Morgan fingerprint density at radius 2 is 2.00 bits per heavy atom. The zero-order chi connectivity index (χ0) is 15.2. The molecule has 2 rings (SSSR count). The number of ether oxygens (including phenoxy) is 1. The van der Waals surface area contributed by atoms with Crippen molar-refractivity contribution in [2.75, 3.05) is 11.9 Å². The van der Waals surface area contributed by atoms with E-state index in [4.69, 9.17) is 4.74 Å². The molecule has 0 fully saturated rings. The summed E-state index contributed by atoms with van der Waals surface area (Å²) >= 11 is 2.25. The summed E-state index contributed by atoms with van der Waals surface area (Å²) in [5, 5.41) is 2.92. The smallest absolute Gasteiger partial charge is 0.255 e. The monoisotopic (exact) mass is 393 g/mol. The van der Waals surface area contributed by atoms with E-state index in [2.05, 4.69) is 34.5 Å². The summed E-state index contributed by atoms with van der Waals surface area (Å²) in [5.74, 6) is 0.589. The second-order valence-electron chi connectivity index (χ2n) is 4.54. The second-order valence-corrected chi connectivity index (χ2v) is 5.78. The van der Waals surface area contributed by atoms with Gasteiger partial charge in [-0.25, -0.2) is 0 Å². The molecule has 4 heteroatoms. The van der Waals surface area contributed by atoms with Gasteiger partial charge in [0.25, 0.3) is 5.91 Å². The van der Waals surface area contributed by atoms with E-state index in [9.17, 15) is 4.79 Å². The van der Waals surface area contributed by atoms with Crippen molar-refractivity contribution in [3.63, 3.8) is 0 Å². The van der Waals surface area contributed by atoms with Crippen LogP contribution in [0.5, 0.6) is 5.75 Å². The summed E-state index contributed by atoms with van der Waals surface area (Å²) in [4.78, 5) is 12.2. The Bertz CT molecular complexity index is 650. The van der Waals surface area contributed by atoms with E-state index in [1.165, 1.54) is 0 Å². The molecule has 0 aliphatic carbocycles. The molecule has 0 heterocycles. The van der Waals surface area contributed by atoms with Gasteiger partial charge in [-0.05, 0) is 77.5 Å². The van der Waals surface area contributed by atoms with Gasteiger partial charge in [-0.1, -0.05) is 12.7 Å². The Morgan fingerprint density at radius 1 is 1.29 bits per heavy atom. The lowest BCUT2D eigenvalue weighted by atomic mass is 10.1. The molecule has 0 spiro atoms. The number of carbonyl (C=O) groups excluding carboxylic acids is 1. The molecular weight excluding hydrogens is 377 g/mol. The van der Waals surface area contributed by atoms with E-state index in [1.807, 2.05) is 25.1 Å². The van der Waals surface area contributed by atoms with Gasteiger partial charge in [-0.3, -0.25) is 4.79 Å². The van der Waals surface area contributed by atoms with Crippen LogP contribution < -0.4 is 10.1 Å². The first-order chi connectivity index (χ1) is 10.1. The molecule has 0 aromatic heterocycles. The zero-order valence-electron chi connectivity index (χ0n) is 11.7. The average Bonchev–Trinajstić information content (AvgIpc) is 2.48. The molecule has 2 aromatic carbocycles. The molecule has 0 radical (unpaired) electrons. The van der Waals surface area contributed by atoms with Crippen LogP contribution in [0, 0.1) is 10.5 Å². The Hall–Kier alpha value is -1.82. The number of benzene rings is 2. The fraction of sp³-hybridized carbons (Fsp3) is 0.118. The molecule has 3 nitrogen and oxygen atoms in total. The van der Waals surface area contributed by atoms with E-state index in [0.717, 1.165) is 20.6 Å². The highest BCUT2D eigenvalue weighted by Crippen LogP contribution is 2.19. The fourth-order valence-electron chi connectivity index (χ4n) is 1.82. The molecule has 21 heavy (non-hydrogen) atoms. The van der Waals surface area contributed by atoms with Gasteiger partial charge < -0.3 is 10.1 Å². The van der Waals surface area contributed by atoms with E-state index in [0.29, 0.717) is 12.2 Å². The first-order valence-electron chi connectivity index (χ1n) is 6.51. The van der Waals surface area contributed by atoms with Crippen molar-refractivity contribution < 1.29 is 9.53 Å². The Labute approximate surface area is 138 Å². The van der Waals surface area contributed by atoms with E-state index >= 15 is 0 Å². The maximum atomic E-state index is 12.2. The van der Waals surface area contributed by atoms with E-state index in [1.54, 1.807) is 30.3 Å². The number of hydrogen-bond donors (Lipinski definition) is 1. The van der Waals surface area contributed by atoms with Crippen LogP contribution in [0.1, 0.15) is 15.9 Å². The van der Waals surface area contributed by atoms with Crippen molar-refractivity contribution in [3.8, 4) is 5.75 Å². The third-order valence-corrected chi connectivity index (χ3v) is 3.59. The summed E-state index contributed by atoms with van der Waals surface area (Å²) in [6.45, 7) is 6.02. The summed E-state index contributed by atoms with van der Waals surface area (Å²) in [6, 6.07) is 13.0. The van der Waals surface area contributed by atoms with Crippen LogP contribution >= 0.6 is 22.6 Å². The van der Waals surface area contributed by atoms with Crippen LogP contribution in [0.4, 0.5) is 5.69 Å². The van der Waals surface area contributed by atoms with Crippen molar-refractivity contribution in [1.29, 1.82) is 0 Å². The molecule has 1 amide bonds. The van der Waals surface area contributed by atoms with Crippen molar-refractivity contribution in [1.82, 2.24) is 0 Å². The van der Waals surface area contributed by atoms with Gasteiger partial charge in [0, 0.05) is 14.8 Å². The predicted octanol–water partition coefficient (Wildman–Crippen LogP) is 4.42. The SMILES string of the molecule is C=CCOc1ccc(C(=O)Nc2ccc(I)cc2C)cc1. The lowest BCUT2D eigenvalue weighted by molar-refractivity contribution is 0.102. The van der Waals surface area contributed by atoms with Crippen molar-refractivity contribution in [2.24, 2.45) is 0 Å². The standard InChI is InChI=1S/C17H16INO2/c1-3-10-21-15-7-4-13(5-8-15)17(20)19-16-9-6-14(18)11-12(16)2/h3-9,11H,1,10H2,2H3,(H,19,20). The average molecular weight is 393 g/mol. The summed E-state index contributed by atoms with van der Waals surface area (Å²) in [6.07, 6.45) is 1.68. The Balaban J connectivity index is 2.07. The topological polar surface area (TPSA) is 38.3 Å². The number of aryl methyl sites for hydroxylation is 1. The molecule has 2 aromatic rings. The van der Waals surface area contributed by atoms with Crippen LogP contribution in [0.2, 0.25) is 0 Å². The van der Waals surface area contributed by atoms with Crippen LogP contribution in [-0.4, -0.2) is 12.5 Å². The van der Waals surface area contributed by atoms with Crippen LogP contribution in [0.25, 0.3) is 0 Å². The van der Waals surface area contributed by atoms with Gasteiger partial charge in [0.2, 0.25) is 0 Å². The lowest BCUT2D eigenvalue weighted by Gasteiger charge is -2.09. The number of rotatable bonds is 5. The molecule has 0 unspecified atom stereocenters. The maximum absolute atomic E-state index is 12.2. The van der Waals surface area contributed by atoms with Gasteiger partial charge in [-0.15, -0.1) is 0 Å². The first-order valence-corrected chi connectivity index (χ1v) is 7.59. The number of hydrogen-bond acceptors (Lipinski definition) is 2. The number of nitrogens with one attached hydrogen (secondary N) is 1. The third kappa shape index (κ3) is 4.32. The molecule has 0 aliphatic heterocycles. The minimum Gasteiger partial charge on any atom is -0.490 e. The van der Waals surface area contributed by atoms with Gasteiger partial charge in [0.1, 0.15) is 12.4 Å². The van der Waals surface area contributed by atoms with Gasteiger partial charge >= 0.3 is 0 Å². The van der Waals surface area contributed by atoms with E-state index < -0.39 is 0 Å². The molecular formula is C17H16INO2. The van der Waals surface area contributed by atoms with Crippen molar-refractivity contribution >= 4 is 34.2 Å². The molecule has 1 N–H and O–H groups in total. The Kier molecular flexibility index (Phi) is 5.38. The lowest BCUT2D eigenvalue weighted by Crippen LogP contribution is -2.12. The fourth-order valence-corrected chi connectivity index (χ4v) is 2.47.